The molecule has 2 aromatic rings. The molecule has 2 heterocycles. The first-order valence-electron chi connectivity index (χ1n) is 8.18. The Balaban J connectivity index is 1.53. The molecular formula is C18H19BrN4O2S. The summed E-state index contributed by atoms with van der Waals surface area (Å²) in [7, 11) is 0. The van der Waals surface area contributed by atoms with Gasteiger partial charge in [0.15, 0.2) is 0 Å². The number of hydrogen-bond donors (Lipinski definition) is 2. The zero-order chi connectivity index (χ0) is 18.5. The predicted octanol–water partition coefficient (Wildman–Crippen LogP) is 2.82. The van der Waals surface area contributed by atoms with Crippen LogP contribution in [-0.2, 0) is 9.59 Å². The minimum atomic E-state index is -0.0794. The van der Waals surface area contributed by atoms with E-state index < -0.39 is 0 Å². The lowest BCUT2D eigenvalue weighted by atomic mass is 10.2. The average Bonchev–Trinajstić information content (AvgIpc) is 2.61. The highest BCUT2D eigenvalue weighted by Crippen LogP contribution is 2.25. The van der Waals surface area contributed by atoms with Crippen molar-refractivity contribution in [3.63, 3.8) is 0 Å². The molecule has 2 N–H and O–H groups in total. The molecule has 1 saturated heterocycles. The Labute approximate surface area is 164 Å². The highest BCUT2D eigenvalue weighted by atomic mass is 79.9. The zero-order valence-corrected chi connectivity index (χ0v) is 16.7. The second kappa shape index (κ2) is 8.55. The van der Waals surface area contributed by atoms with Crippen LogP contribution < -0.4 is 15.5 Å². The molecule has 8 heteroatoms. The maximum absolute atomic E-state index is 12.2. The van der Waals surface area contributed by atoms with E-state index >= 15 is 0 Å². The normalized spacial score (nSPS) is 14.1. The van der Waals surface area contributed by atoms with E-state index in [9.17, 15) is 9.59 Å². The lowest BCUT2D eigenvalue weighted by molar-refractivity contribution is -0.120. The summed E-state index contributed by atoms with van der Waals surface area (Å²) in [6.07, 6.45) is 1.62. The summed E-state index contributed by atoms with van der Waals surface area (Å²) < 4.78 is 1.03. The summed E-state index contributed by atoms with van der Waals surface area (Å²) in [6, 6.07) is 9.63. The first-order chi connectivity index (χ1) is 12.5. The molecule has 26 heavy (non-hydrogen) atoms. The second-order valence-corrected chi connectivity index (χ2v) is 7.86. The Kier molecular flexibility index (Phi) is 6.16. The van der Waals surface area contributed by atoms with E-state index in [0.29, 0.717) is 24.5 Å². The summed E-state index contributed by atoms with van der Waals surface area (Å²) in [5.74, 6) is 0.980. The third-order valence-corrected chi connectivity index (χ3v) is 5.56. The van der Waals surface area contributed by atoms with Crippen LogP contribution in [0.25, 0.3) is 0 Å². The molecule has 0 bridgehead atoms. The van der Waals surface area contributed by atoms with Gasteiger partial charge in [0.1, 0.15) is 5.82 Å². The molecular weight excluding hydrogens is 416 g/mol. The number of hydrogen-bond acceptors (Lipinski definition) is 5. The molecule has 0 saturated carbocycles. The number of aryl methyl sites for hydroxylation is 1. The first-order valence-corrected chi connectivity index (χ1v) is 9.95. The number of carbonyl (C=O) groups excluding carboxylic acids is 2. The van der Waals surface area contributed by atoms with Gasteiger partial charge in [-0.1, -0.05) is 15.9 Å². The number of nitrogens with one attached hydrogen (secondary N) is 2. The Bertz CT molecular complexity index is 813. The van der Waals surface area contributed by atoms with E-state index in [4.69, 9.17) is 0 Å². The minimum absolute atomic E-state index is 0.00399. The van der Waals surface area contributed by atoms with Crippen LogP contribution in [0.5, 0.6) is 0 Å². The maximum Gasteiger partial charge on any atom is 0.239 e. The highest BCUT2D eigenvalue weighted by molar-refractivity contribution is 9.10. The van der Waals surface area contributed by atoms with Gasteiger partial charge in [0.05, 0.1) is 24.2 Å². The van der Waals surface area contributed by atoms with E-state index in [1.165, 1.54) is 11.8 Å². The minimum Gasteiger partial charge on any atom is -0.353 e. The molecule has 0 aliphatic carbocycles. The van der Waals surface area contributed by atoms with E-state index in [0.717, 1.165) is 27.3 Å². The van der Waals surface area contributed by atoms with Crippen LogP contribution in [0.3, 0.4) is 0 Å². The van der Waals surface area contributed by atoms with E-state index in [2.05, 4.69) is 31.5 Å². The van der Waals surface area contributed by atoms with Gasteiger partial charge in [-0.3, -0.25) is 9.59 Å². The fourth-order valence-corrected chi connectivity index (χ4v) is 3.88. The molecule has 0 unspecified atom stereocenters. The van der Waals surface area contributed by atoms with Crippen molar-refractivity contribution in [3.8, 4) is 0 Å². The number of aromatic nitrogens is 1. The Hall–Kier alpha value is -2.06. The summed E-state index contributed by atoms with van der Waals surface area (Å²) >= 11 is 4.94. The second-order valence-electron chi connectivity index (χ2n) is 5.92. The number of anilines is 2. The predicted molar refractivity (Wildman–Crippen MR) is 108 cm³/mol. The average molecular weight is 435 g/mol. The number of benzene rings is 1. The fraction of sp³-hybridized carbons (Fsp3) is 0.278. The number of piperazine rings is 1. The summed E-state index contributed by atoms with van der Waals surface area (Å²) in [6.45, 7) is 3.68. The van der Waals surface area contributed by atoms with Gasteiger partial charge in [-0.15, -0.1) is 11.8 Å². The van der Waals surface area contributed by atoms with Gasteiger partial charge in [0, 0.05) is 22.5 Å². The molecule has 3 rings (SSSR count). The lowest BCUT2D eigenvalue weighted by Crippen LogP contribution is -2.48. The maximum atomic E-state index is 12.2. The van der Waals surface area contributed by atoms with E-state index in [-0.39, 0.29) is 11.8 Å². The Morgan fingerprint density at radius 1 is 1.38 bits per heavy atom. The van der Waals surface area contributed by atoms with Crippen molar-refractivity contribution in [3.05, 3.63) is 46.6 Å². The Morgan fingerprint density at radius 3 is 2.92 bits per heavy atom. The van der Waals surface area contributed by atoms with Crippen LogP contribution >= 0.6 is 27.7 Å². The number of amides is 2. The van der Waals surface area contributed by atoms with Crippen LogP contribution in [0.15, 0.2) is 45.9 Å². The summed E-state index contributed by atoms with van der Waals surface area (Å²) in [4.78, 5) is 31.0. The molecule has 1 aliphatic heterocycles. The molecule has 1 aliphatic rings. The van der Waals surface area contributed by atoms with Crippen LogP contribution in [0.1, 0.15) is 5.56 Å². The van der Waals surface area contributed by atoms with E-state index in [1.54, 1.807) is 6.20 Å². The van der Waals surface area contributed by atoms with Crippen LogP contribution in [0.4, 0.5) is 11.5 Å². The van der Waals surface area contributed by atoms with Crippen molar-refractivity contribution in [2.75, 3.05) is 35.6 Å². The number of halogens is 1. The summed E-state index contributed by atoms with van der Waals surface area (Å²) in [5, 5.41) is 5.64. The largest absolute Gasteiger partial charge is 0.353 e. The molecule has 1 aromatic heterocycles. The first kappa shape index (κ1) is 18.7. The standard InChI is InChI=1S/C18H19BrN4O2S/c1-12-8-13(19)2-4-15(12)26-11-18(25)22-14-3-5-16(21-9-14)23-7-6-20-17(24)10-23/h2-5,8-9H,6-7,10-11H2,1H3,(H,20,24)(H,22,25). The van der Waals surface area contributed by atoms with Crippen molar-refractivity contribution in [1.29, 1.82) is 0 Å². The summed E-state index contributed by atoms with van der Waals surface area (Å²) in [5.41, 5.74) is 1.78. The van der Waals surface area contributed by atoms with Crippen molar-refractivity contribution in [2.45, 2.75) is 11.8 Å². The van der Waals surface area contributed by atoms with Crippen LogP contribution in [-0.4, -0.2) is 42.2 Å². The number of thioether (sulfide) groups is 1. The molecule has 2 amide bonds. The van der Waals surface area contributed by atoms with Crippen molar-refractivity contribution in [2.24, 2.45) is 0 Å². The van der Waals surface area contributed by atoms with Gasteiger partial charge in [0.25, 0.3) is 0 Å². The fourth-order valence-electron chi connectivity index (χ4n) is 2.60. The lowest BCUT2D eigenvalue weighted by Gasteiger charge is -2.27. The molecule has 136 valence electrons. The monoisotopic (exact) mass is 434 g/mol. The van der Waals surface area contributed by atoms with E-state index in [1.807, 2.05) is 42.2 Å². The molecule has 6 nitrogen and oxygen atoms in total. The van der Waals surface area contributed by atoms with Gasteiger partial charge >= 0.3 is 0 Å². The van der Waals surface area contributed by atoms with Gasteiger partial charge in [0.2, 0.25) is 11.8 Å². The molecule has 1 aromatic carbocycles. The van der Waals surface area contributed by atoms with Crippen molar-refractivity contribution >= 4 is 51.0 Å². The van der Waals surface area contributed by atoms with Gasteiger partial charge in [-0.25, -0.2) is 4.98 Å². The SMILES string of the molecule is Cc1cc(Br)ccc1SCC(=O)Nc1ccc(N2CCNC(=O)C2)nc1. The quantitative estimate of drug-likeness (QED) is 0.707. The molecule has 0 spiro atoms. The van der Waals surface area contributed by atoms with Crippen molar-refractivity contribution < 1.29 is 9.59 Å². The van der Waals surface area contributed by atoms with Crippen molar-refractivity contribution in [1.82, 2.24) is 10.3 Å². The topological polar surface area (TPSA) is 74.3 Å². The molecule has 0 atom stereocenters. The number of nitrogens with zero attached hydrogens (tertiary/aromatic N) is 2. The van der Waals surface area contributed by atoms with Gasteiger partial charge in [-0.05, 0) is 42.8 Å². The zero-order valence-electron chi connectivity index (χ0n) is 14.3. The van der Waals surface area contributed by atoms with Gasteiger partial charge in [-0.2, -0.15) is 0 Å². The van der Waals surface area contributed by atoms with Crippen LogP contribution in [0.2, 0.25) is 0 Å². The number of carbonyl (C=O) groups is 2. The third kappa shape index (κ3) is 4.98. The number of pyridine rings is 1. The number of rotatable bonds is 5. The Morgan fingerprint density at radius 2 is 2.23 bits per heavy atom. The van der Waals surface area contributed by atoms with Crippen LogP contribution in [0, 0.1) is 6.92 Å². The molecule has 1 fully saturated rings. The molecule has 0 radical (unpaired) electrons. The highest BCUT2D eigenvalue weighted by Gasteiger charge is 2.17. The van der Waals surface area contributed by atoms with Gasteiger partial charge < -0.3 is 15.5 Å². The third-order valence-electron chi connectivity index (χ3n) is 3.89. The smallest absolute Gasteiger partial charge is 0.239 e.